The zero-order chi connectivity index (χ0) is 13.9. The molecule has 0 unspecified atom stereocenters. The third-order valence-electron chi connectivity index (χ3n) is 2.02. The molecule has 0 bridgehead atoms. The molecule has 1 N–H and O–H groups in total. The van der Waals surface area contributed by atoms with E-state index in [-0.39, 0.29) is 5.54 Å². The molecule has 0 amide bonds. The van der Waals surface area contributed by atoms with E-state index in [1.54, 1.807) is 11.8 Å². The van der Waals surface area contributed by atoms with Crippen LogP contribution < -0.4 is 5.32 Å². The molecule has 2 aromatic heterocycles. The number of anilines is 1. The average Bonchev–Trinajstić information content (AvgIpc) is 2.93. The number of nitrogens with one attached hydrogen (secondary N) is 1. The number of thioether (sulfide) groups is 1. The molecule has 104 valence electrons. The first-order chi connectivity index (χ1) is 8.96. The number of hydrogen-bond acceptors (Lipinski definition) is 8. The Labute approximate surface area is 120 Å². The van der Waals surface area contributed by atoms with Crippen molar-refractivity contribution in [3.05, 3.63) is 11.8 Å². The van der Waals surface area contributed by atoms with Gasteiger partial charge in [0.2, 0.25) is 16.9 Å². The van der Waals surface area contributed by atoms with E-state index < -0.39 is 0 Å². The molecule has 8 heteroatoms. The van der Waals surface area contributed by atoms with Gasteiger partial charge in [-0.3, -0.25) is 0 Å². The normalized spacial score (nSPS) is 11.8. The predicted octanol–water partition coefficient (Wildman–Crippen LogP) is 2.99. The third kappa shape index (κ3) is 4.46. The summed E-state index contributed by atoms with van der Waals surface area (Å²) in [5, 5.41) is 20.2. The molecule has 2 heterocycles. The molecule has 2 rings (SSSR count). The lowest BCUT2D eigenvalue weighted by Crippen LogP contribution is -2.25. The van der Waals surface area contributed by atoms with E-state index in [1.165, 1.54) is 11.3 Å². The van der Waals surface area contributed by atoms with Crippen LogP contribution in [0.4, 0.5) is 5.13 Å². The zero-order valence-corrected chi connectivity index (χ0v) is 13.1. The summed E-state index contributed by atoms with van der Waals surface area (Å²) >= 11 is 3.08. The SMILES string of the molecule is CCc1nnc(CSc2nnc(NC(C)(C)C)s2)o1. The van der Waals surface area contributed by atoms with Crippen molar-refractivity contribution in [1.82, 2.24) is 20.4 Å². The maximum Gasteiger partial charge on any atom is 0.226 e. The Morgan fingerprint density at radius 3 is 2.53 bits per heavy atom. The highest BCUT2D eigenvalue weighted by molar-refractivity contribution is 8.00. The molecular formula is C11H17N5OS2. The summed E-state index contributed by atoms with van der Waals surface area (Å²) < 4.78 is 6.33. The fourth-order valence-corrected chi connectivity index (χ4v) is 3.05. The quantitative estimate of drug-likeness (QED) is 0.850. The van der Waals surface area contributed by atoms with Crippen molar-refractivity contribution in [2.24, 2.45) is 0 Å². The molecule has 0 aliphatic carbocycles. The average molecular weight is 299 g/mol. The molecule has 2 aromatic rings. The summed E-state index contributed by atoms with van der Waals surface area (Å²) in [5.74, 6) is 1.92. The number of rotatable bonds is 5. The molecule has 0 saturated heterocycles. The first-order valence-corrected chi connectivity index (χ1v) is 7.82. The van der Waals surface area contributed by atoms with Gasteiger partial charge in [0.1, 0.15) is 0 Å². The lowest BCUT2D eigenvalue weighted by Gasteiger charge is -2.18. The Balaban J connectivity index is 1.89. The smallest absolute Gasteiger partial charge is 0.226 e. The maximum absolute atomic E-state index is 5.44. The van der Waals surface area contributed by atoms with E-state index in [0.717, 1.165) is 15.9 Å². The van der Waals surface area contributed by atoms with Gasteiger partial charge in [0.15, 0.2) is 4.34 Å². The van der Waals surface area contributed by atoms with Gasteiger partial charge in [-0.25, -0.2) is 0 Å². The van der Waals surface area contributed by atoms with E-state index in [4.69, 9.17) is 4.42 Å². The van der Waals surface area contributed by atoms with Crippen LogP contribution in [0.15, 0.2) is 8.76 Å². The van der Waals surface area contributed by atoms with Crippen LogP contribution in [0.2, 0.25) is 0 Å². The van der Waals surface area contributed by atoms with Gasteiger partial charge >= 0.3 is 0 Å². The van der Waals surface area contributed by atoms with Crippen LogP contribution >= 0.6 is 23.1 Å². The predicted molar refractivity (Wildman–Crippen MR) is 76.5 cm³/mol. The minimum absolute atomic E-state index is 0.00994. The van der Waals surface area contributed by atoms with Gasteiger partial charge in [0, 0.05) is 12.0 Å². The molecule has 0 spiro atoms. The molecule has 0 aromatic carbocycles. The first kappa shape index (κ1) is 14.3. The van der Waals surface area contributed by atoms with E-state index >= 15 is 0 Å². The van der Waals surface area contributed by atoms with Crippen LogP contribution in [0.3, 0.4) is 0 Å². The highest BCUT2D eigenvalue weighted by Crippen LogP contribution is 2.29. The fourth-order valence-electron chi connectivity index (χ4n) is 1.25. The lowest BCUT2D eigenvalue weighted by atomic mass is 10.1. The van der Waals surface area contributed by atoms with Gasteiger partial charge < -0.3 is 9.73 Å². The summed E-state index contributed by atoms with van der Waals surface area (Å²) in [7, 11) is 0. The van der Waals surface area contributed by atoms with Crippen LogP contribution in [0.25, 0.3) is 0 Å². The lowest BCUT2D eigenvalue weighted by molar-refractivity contribution is 0.470. The monoisotopic (exact) mass is 299 g/mol. The van der Waals surface area contributed by atoms with E-state index in [0.29, 0.717) is 17.5 Å². The molecule has 0 aliphatic heterocycles. The molecule has 19 heavy (non-hydrogen) atoms. The number of aromatic nitrogens is 4. The fraction of sp³-hybridized carbons (Fsp3) is 0.636. The van der Waals surface area contributed by atoms with E-state index in [9.17, 15) is 0 Å². The molecule has 6 nitrogen and oxygen atoms in total. The van der Waals surface area contributed by atoms with E-state index in [1.807, 2.05) is 6.92 Å². The van der Waals surface area contributed by atoms with Crippen molar-refractivity contribution in [2.75, 3.05) is 5.32 Å². The number of nitrogens with zero attached hydrogens (tertiary/aromatic N) is 4. The van der Waals surface area contributed by atoms with Crippen molar-refractivity contribution in [3.8, 4) is 0 Å². The second-order valence-electron chi connectivity index (χ2n) is 4.98. The molecule has 0 aliphatic rings. The van der Waals surface area contributed by atoms with Crippen LogP contribution in [-0.2, 0) is 12.2 Å². The molecule has 0 radical (unpaired) electrons. The molecule has 0 saturated carbocycles. The minimum atomic E-state index is -0.00994. The second kappa shape index (κ2) is 5.87. The van der Waals surface area contributed by atoms with Crippen molar-refractivity contribution in [2.45, 2.75) is 49.7 Å². The summed E-state index contributed by atoms with van der Waals surface area (Å²) in [6.07, 6.45) is 0.760. The van der Waals surface area contributed by atoms with Crippen LogP contribution in [0.5, 0.6) is 0 Å². The Morgan fingerprint density at radius 1 is 1.16 bits per heavy atom. The van der Waals surface area contributed by atoms with Gasteiger partial charge in [-0.2, -0.15) is 0 Å². The van der Waals surface area contributed by atoms with Crippen molar-refractivity contribution in [3.63, 3.8) is 0 Å². The van der Waals surface area contributed by atoms with Gasteiger partial charge in [-0.05, 0) is 20.8 Å². The highest BCUT2D eigenvalue weighted by atomic mass is 32.2. The van der Waals surface area contributed by atoms with Crippen molar-refractivity contribution >= 4 is 28.2 Å². The highest BCUT2D eigenvalue weighted by Gasteiger charge is 2.14. The summed E-state index contributed by atoms with van der Waals surface area (Å²) in [4.78, 5) is 0. The largest absolute Gasteiger partial charge is 0.424 e. The Bertz CT molecular complexity index is 531. The number of aryl methyl sites for hydroxylation is 1. The molecular weight excluding hydrogens is 282 g/mol. The van der Waals surface area contributed by atoms with Crippen LogP contribution in [-0.4, -0.2) is 25.9 Å². The van der Waals surface area contributed by atoms with Gasteiger partial charge in [-0.15, -0.1) is 20.4 Å². The summed E-state index contributed by atoms with van der Waals surface area (Å²) in [5.41, 5.74) is -0.00994. The summed E-state index contributed by atoms with van der Waals surface area (Å²) in [6, 6.07) is 0. The van der Waals surface area contributed by atoms with Gasteiger partial charge in [0.25, 0.3) is 0 Å². The molecule has 0 fully saturated rings. The van der Waals surface area contributed by atoms with Crippen LogP contribution in [0, 0.1) is 0 Å². The standard InChI is InChI=1S/C11H17N5OS2/c1-5-7-13-14-8(17-7)6-18-10-16-15-9(19-10)12-11(2,3)4/h5-6H2,1-4H3,(H,12,15). The van der Waals surface area contributed by atoms with Crippen molar-refractivity contribution < 1.29 is 4.42 Å². The van der Waals surface area contributed by atoms with Gasteiger partial charge in [-0.1, -0.05) is 30.0 Å². The topological polar surface area (TPSA) is 76.7 Å². The second-order valence-corrected chi connectivity index (χ2v) is 7.18. The Morgan fingerprint density at radius 2 is 1.89 bits per heavy atom. The summed E-state index contributed by atoms with van der Waals surface area (Å²) in [6.45, 7) is 8.25. The Hall–Kier alpha value is -1.15. The first-order valence-electron chi connectivity index (χ1n) is 6.02. The maximum atomic E-state index is 5.44. The zero-order valence-electron chi connectivity index (χ0n) is 11.4. The minimum Gasteiger partial charge on any atom is -0.424 e. The number of hydrogen-bond donors (Lipinski definition) is 1. The third-order valence-corrected chi connectivity index (χ3v) is 3.98. The van der Waals surface area contributed by atoms with E-state index in [2.05, 4.69) is 46.5 Å². The van der Waals surface area contributed by atoms with Gasteiger partial charge in [0.05, 0.1) is 5.75 Å². The molecule has 0 atom stereocenters. The van der Waals surface area contributed by atoms with Crippen molar-refractivity contribution in [1.29, 1.82) is 0 Å². The Kier molecular flexibility index (Phi) is 4.41. The van der Waals surface area contributed by atoms with Crippen LogP contribution in [0.1, 0.15) is 39.5 Å².